The zero-order chi connectivity index (χ0) is 15.1. The maximum absolute atomic E-state index is 4.57. The van der Waals surface area contributed by atoms with Crippen molar-refractivity contribution in [2.45, 2.75) is 60.3 Å². The van der Waals surface area contributed by atoms with Crippen LogP contribution in [-0.2, 0) is 6.54 Å². The number of nitrogens with one attached hydrogen (secondary N) is 2. The molecule has 2 atom stereocenters. The Bertz CT molecular complexity index is 420. The molecule has 0 aliphatic heterocycles. The maximum atomic E-state index is 4.57. The molecule has 1 heterocycles. The molecule has 0 saturated carbocycles. The van der Waals surface area contributed by atoms with Crippen molar-refractivity contribution >= 4 is 0 Å². The van der Waals surface area contributed by atoms with Crippen LogP contribution in [0.25, 0.3) is 0 Å². The van der Waals surface area contributed by atoms with E-state index < -0.39 is 0 Å². The number of imidazole rings is 1. The summed E-state index contributed by atoms with van der Waals surface area (Å²) in [5.41, 5.74) is 2.37. The van der Waals surface area contributed by atoms with Crippen LogP contribution in [0.1, 0.15) is 52.2 Å². The van der Waals surface area contributed by atoms with Gasteiger partial charge in [0.15, 0.2) is 0 Å². The highest BCUT2D eigenvalue weighted by Crippen LogP contribution is 2.20. The van der Waals surface area contributed by atoms with Crippen molar-refractivity contribution in [2.75, 3.05) is 6.54 Å². The van der Waals surface area contributed by atoms with Crippen LogP contribution in [0.15, 0.2) is 18.5 Å². The molecule has 0 bridgehead atoms. The fraction of sp³-hybridized carbons (Fsp3) is 0.688. The summed E-state index contributed by atoms with van der Waals surface area (Å²) in [6, 6.07) is 0.478. The van der Waals surface area contributed by atoms with E-state index in [4.69, 9.17) is 0 Å². The summed E-state index contributed by atoms with van der Waals surface area (Å²) < 4.78 is 2.26. The number of hydrogen-bond acceptors (Lipinski definition) is 3. The lowest BCUT2D eigenvalue weighted by atomic mass is 10.1. The maximum Gasteiger partial charge on any atom is 0.0965 e. The van der Waals surface area contributed by atoms with Crippen LogP contribution in [0.3, 0.4) is 0 Å². The average molecular weight is 278 g/mol. The van der Waals surface area contributed by atoms with Crippen molar-refractivity contribution in [2.24, 2.45) is 5.92 Å². The molecule has 2 N–H and O–H groups in total. The van der Waals surface area contributed by atoms with Crippen LogP contribution in [-0.4, -0.2) is 22.1 Å². The van der Waals surface area contributed by atoms with Gasteiger partial charge in [0.25, 0.3) is 0 Å². The molecule has 0 amide bonds. The first-order chi connectivity index (χ1) is 9.51. The molecule has 0 saturated heterocycles. The normalized spacial score (nSPS) is 15.2. The Morgan fingerprint density at radius 1 is 1.30 bits per heavy atom. The van der Waals surface area contributed by atoms with E-state index in [0.29, 0.717) is 12.0 Å². The molecule has 114 valence electrons. The summed E-state index contributed by atoms with van der Waals surface area (Å²) in [6.07, 6.45) is 6.57. The van der Waals surface area contributed by atoms with Crippen molar-refractivity contribution < 1.29 is 0 Å². The topological polar surface area (TPSA) is 41.9 Å². The molecule has 1 aromatic heterocycles. The van der Waals surface area contributed by atoms with Crippen molar-refractivity contribution in [1.82, 2.24) is 20.2 Å². The van der Waals surface area contributed by atoms with Gasteiger partial charge in [-0.1, -0.05) is 39.8 Å². The van der Waals surface area contributed by atoms with Gasteiger partial charge in [0, 0.05) is 24.2 Å². The monoisotopic (exact) mass is 278 g/mol. The van der Waals surface area contributed by atoms with Crippen molar-refractivity contribution in [3.63, 3.8) is 0 Å². The van der Waals surface area contributed by atoms with Crippen molar-refractivity contribution in [3.8, 4) is 0 Å². The van der Waals surface area contributed by atoms with E-state index in [0.717, 1.165) is 18.8 Å². The first-order valence-corrected chi connectivity index (χ1v) is 7.63. The van der Waals surface area contributed by atoms with Crippen LogP contribution in [0.4, 0.5) is 0 Å². The molecule has 1 aromatic rings. The minimum atomic E-state index is 0.261. The first-order valence-electron chi connectivity index (χ1n) is 7.63. The number of hydrogen-bond donors (Lipinski definition) is 2. The van der Waals surface area contributed by atoms with Crippen LogP contribution >= 0.6 is 0 Å². The van der Waals surface area contributed by atoms with E-state index in [1.165, 1.54) is 5.69 Å². The Balaban J connectivity index is 2.91. The Morgan fingerprint density at radius 3 is 2.55 bits per heavy atom. The fourth-order valence-corrected chi connectivity index (χ4v) is 2.37. The van der Waals surface area contributed by atoms with Crippen LogP contribution in [0.2, 0.25) is 0 Å². The van der Waals surface area contributed by atoms with Gasteiger partial charge in [-0.05, 0) is 20.4 Å². The van der Waals surface area contributed by atoms with Crippen LogP contribution < -0.4 is 10.6 Å². The van der Waals surface area contributed by atoms with Gasteiger partial charge in [0.1, 0.15) is 0 Å². The van der Waals surface area contributed by atoms with E-state index in [-0.39, 0.29) is 6.17 Å². The van der Waals surface area contributed by atoms with Gasteiger partial charge in [-0.3, -0.25) is 5.32 Å². The molecule has 0 radical (unpaired) electrons. The molecule has 0 aliphatic carbocycles. The zero-order valence-corrected chi connectivity index (χ0v) is 13.8. The predicted molar refractivity (Wildman–Crippen MR) is 85.6 cm³/mol. The van der Waals surface area contributed by atoms with Gasteiger partial charge in [0.05, 0.1) is 18.2 Å². The summed E-state index contributed by atoms with van der Waals surface area (Å²) in [5, 5.41) is 6.98. The molecular formula is C16H30N4. The van der Waals surface area contributed by atoms with E-state index in [1.807, 2.05) is 6.33 Å². The van der Waals surface area contributed by atoms with E-state index in [9.17, 15) is 0 Å². The molecule has 4 nitrogen and oxygen atoms in total. The van der Waals surface area contributed by atoms with Gasteiger partial charge < -0.3 is 9.88 Å². The minimum absolute atomic E-state index is 0.261. The second-order valence-corrected chi connectivity index (χ2v) is 5.61. The number of nitrogens with zero attached hydrogens (tertiary/aromatic N) is 2. The zero-order valence-electron chi connectivity index (χ0n) is 13.8. The number of rotatable bonds is 8. The summed E-state index contributed by atoms with van der Waals surface area (Å²) >= 11 is 0. The number of aromatic nitrogens is 2. The van der Waals surface area contributed by atoms with Crippen LogP contribution in [0.5, 0.6) is 0 Å². The predicted octanol–water partition coefficient (Wildman–Crippen LogP) is 3.01. The molecule has 0 aromatic carbocycles. The molecule has 0 spiro atoms. The minimum Gasteiger partial charge on any atom is -0.318 e. The molecule has 2 unspecified atom stereocenters. The highest BCUT2D eigenvalue weighted by Gasteiger charge is 2.19. The largest absolute Gasteiger partial charge is 0.318 e. The highest BCUT2D eigenvalue weighted by atomic mass is 15.2. The Hall–Kier alpha value is -1.13. The van der Waals surface area contributed by atoms with Gasteiger partial charge in [-0.2, -0.15) is 0 Å². The van der Waals surface area contributed by atoms with E-state index in [1.54, 1.807) is 0 Å². The first kappa shape index (κ1) is 16.9. The standard InChI is InChI=1S/C16H30N4/c1-7-9-13(5)16(17-8-2)20-11-19-15(14(20)6)10-18-12(3)4/h7,9,11-13,16-18H,8,10H2,1-6H3/b9-7-. The third kappa shape index (κ3) is 4.46. The summed E-state index contributed by atoms with van der Waals surface area (Å²) in [7, 11) is 0. The molecule has 1 rings (SSSR count). The van der Waals surface area contributed by atoms with Gasteiger partial charge in [-0.15, -0.1) is 0 Å². The quantitative estimate of drug-likeness (QED) is 0.718. The lowest BCUT2D eigenvalue weighted by Gasteiger charge is -2.25. The fourth-order valence-electron chi connectivity index (χ4n) is 2.37. The van der Waals surface area contributed by atoms with Crippen molar-refractivity contribution in [1.29, 1.82) is 0 Å². The van der Waals surface area contributed by atoms with Gasteiger partial charge in [-0.25, -0.2) is 4.98 Å². The lowest BCUT2D eigenvalue weighted by Crippen LogP contribution is -2.31. The van der Waals surface area contributed by atoms with Gasteiger partial charge in [0.2, 0.25) is 0 Å². The van der Waals surface area contributed by atoms with Crippen LogP contribution in [0, 0.1) is 12.8 Å². The van der Waals surface area contributed by atoms with Crippen molar-refractivity contribution in [3.05, 3.63) is 29.9 Å². The Kier molecular flexibility index (Phi) is 6.96. The third-order valence-corrected chi connectivity index (χ3v) is 3.53. The average Bonchev–Trinajstić information content (AvgIpc) is 2.75. The second-order valence-electron chi connectivity index (χ2n) is 5.61. The van der Waals surface area contributed by atoms with E-state index in [2.05, 4.69) is 73.9 Å². The Morgan fingerprint density at radius 2 is 2.00 bits per heavy atom. The lowest BCUT2D eigenvalue weighted by molar-refractivity contribution is 0.333. The molecule has 0 fully saturated rings. The summed E-state index contributed by atoms with van der Waals surface area (Å²) in [4.78, 5) is 4.57. The summed E-state index contributed by atoms with van der Waals surface area (Å²) in [6.45, 7) is 14.7. The summed E-state index contributed by atoms with van der Waals surface area (Å²) in [5.74, 6) is 0.429. The Labute approximate surface area is 123 Å². The third-order valence-electron chi connectivity index (χ3n) is 3.53. The number of allylic oxidation sites excluding steroid dienone is 1. The second kappa shape index (κ2) is 8.22. The molecule has 0 aliphatic rings. The van der Waals surface area contributed by atoms with Gasteiger partial charge >= 0.3 is 0 Å². The molecule has 20 heavy (non-hydrogen) atoms. The smallest absolute Gasteiger partial charge is 0.0965 e. The highest BCUT2D eigenvalue weighted by molar-refractivity contribution is 5.13. The van der Waals surface area contributed by atoms with E-state index >= 15 is 0 Å². The SMILES string of the molecule is C/C=C\C(C)C(NCC)n1cnc(CNC(C)C)c1C. The molecule has 4 heteroatoms. The molecular weight excluding hydrogens is 248 g/mol.